The molecule has 1 unspecified atom stereocenters. The van der Waals surface area contributed by atoms with Crippen LogP contribution in [0.2, 0.25) is 10.0 Å². The number of carbonyl (C=O) groups is 1. The van der Waals surface area contributed by atoms with E-state index in [0.29, 0.717) is 28.3 Å². The van der Waals surface area contributed by atoms with E-state index < -0.39 is 5.79 Å². The van der Waals surface area contributed by atoms with Gasteiger partial charge in [-0.05, 0) is 85.8 Å². The summed E-state index contributed by atoms with van der Waals surface area (Å²) in [5.41, 5.74) is 3.37. The predicted molar refractivity (Wildman–Crippen MR) is 163 cm³/mol. The minimum absolute atomic E-state index is 0.0224. The summed E-state index contributed by atoms with van der Waals surface area (Å²) in [6.07, 6.45) is 3.49. The van der Waals surface area contributed by atoms with Gasteiger partial charge in [-0.1, -0.05) is 71.7 Å². The van der Waals surface area contributed by atoms with Gasteiger partial charge in [0.15, 0.2) is 0 Å². The van der Waals surface area contributed by atoms with Crippen LogP contribution in [0.15, 0.2) is 72.8 Å². The van der Waals surface area contributed by atoms with Crippen molar-refractivity contribution in [1.82, 2.24) is 9.80 Å². The molecule has 4 rings (SSSR count). The molecule has 0 bridgehead atoms. The van der Waals surface area contributed by atoms with Crippen LogP contribution in [-0.4, -0.2) is 59.8 Å². The number of rotatable bonds is 11. The van der Waals surface area contributed by atoms with Crippen molar-refractivity contribution in [3.63, 3.8) is 0 Å². The third-order valence-electron chi connectivity index (χ3n) is 7.61. The van der Waals surface area contributed by atoms with Crippen molar-refractivity contribution in [1.29, 1.82) is 0 Å². The number of nitrogens with zero attached hydrogens (tertiary/aromatic N) is 2. The van der Waals surface area contributed by atoms with Crippen LogP contribution in [-0.2, 0) is 11.2 Å². The predicted octanol–water partition coefficient (Wildman–Crippen LogP) is 7.16. The molecule has 3 aromatic rings. The number of hydrogen-bond donors (Lipinski definition) is 1. The molecule has 1 atom stereocenters. The van der Waals surface area contributed by atoms with E-state index in [9.17, 15) is 9.90 Å². The number of halogens is 2. The molecule has 1 N–H and O–H groups in total. The molecule has 1 saturated heterocycles. The lowest BCUT2D eigenvalue weighted by molar-refractivity contribution is -0.129. The summed E-state index contributed by atoms with van der Waals surface area (Å²) in [4.78, 5) is 17.6. The van der Waals surface area contributed by atoms with Gasteiger partial charge in [0.25, 0.3) is 0 Å². The van der Waals surface area contributed by atoms with Gasteiger partial charge in [-0.15, -0.1) is 0 Å². The summed E-state index contributed by atoms with van der Waals surface area (Å²) in [5, 5.41) is 11.0. The van der Waals surface area contributed by atoms with Crippen molar-refractivity contribution in [3.8, 4) is 5.75 Å². The first-order chi connectivity index (χ1) is 19.1. The van der Waals surface area contributed by atoms with E-state index in [2.05, 4.69) is 35.2 Å². The van der Waals surface area contributed by atoms with E-state index in [4.69, 9.17) is 27.9 Å². The molecule has 3 aromatic carbocycles. The smallest absolute Gasteiger partial charge is 0.226 e. The van der Waals surface area contributed by atoms with Crippen LogP contribution in [0.1, 0.15) is 61.6 Å². The van der Waals surface area contributed by atoms with E-state index >= 15 is 0 Å². The zero-order valence-corrected chi connectivity index (χ0v) is 25.2. The van der Waals surface area contributed by atoms with Crippen LogP contribution >= 0.6 is 23.2 Å². The number of amides is 1. The van der Waals surface area contributed by atoms with E-state index in [1.165, 1.54) is 5.56 Å². The van der Waals surface area contributed by atoms with Gasteiger partial charge in [0.1, 0.15) is 5.75 Å². The SMILES string of the molecule is CN(CC(CCN1CCC(c2ccccc2)CC1)c1ccc(Cl)c(Cl)c1)C(=O)Cc1cccc(OC(C)(C)O)c1. The quantitative estimate of drug-likeness (QED) is 0.244. The highest BCUT2D eigenvalue weighted by Gasteiger charge is 2.24. The first-order valence-electron chi connectivity index (χ1n) is 14.0. The number of likely N-dealkylation sites (N-methyl/N-ethyl adjacent to an activating group) is 1. The fourth-order valence-corrected chi connectivity index (χ4v) is 5.74. The number of ether oxygens (including phenoxy) is 1. The molecule has 1 heterocycles. The number of benzene rings is 3. The van der Waals surface area contributed by atoms with Crippen molar-refractivity contribution in [3.05, 3.63) is 99.5 Å². The Morgan fingerprint density at radius 1 is 1.02 bits per heavy atom. The molecular formula is C33H40Cl2N2O3. The number of likely N-dealkylation sites (tertiary alicyclic amines) is 1. The number of piperidine rings is 1. The molecule has 7 heteroatoms. The van der Waals surface area contributed by atoms with E-state index in [-0.39, 0.29) is 18.2 Å². The fourth-order valence-electron chi connectivity index (χ4n) is 5.43. The zero-order chi connectivity index (χ0) is 28.7. The van der Waals surface area contributed by atoms with Crippen LogP contribution in [0.25, 0.3) is 0 Å². The summed E-state index contributed by atoms with van der Waals surface area (Å²) in [6, 6.07) is 23.9. The maximum Gasteiger partial charge on any atom is 0.226 e. The summed E-state index contributed by atoms with van der Waals surface area (Å²) in [6.45, 7) is 6.85. The molecule has 1 fully saturated rings. The molecule has 1 aliphatic heterocycles. The second-order valence-electron chi connectivity index (χ2n) is 11.3. The first-order valence-corrected chi connectivity index (χ1v) is 14.8. The van der Waals surface area contributed by atoms with Crippen LogP contribution in [0.3, 0.4) is 0 Å². The summed E-state index contributed by atoms with van der Waals surface area (Å²) >= 11 is 12.6. The molecule has 5 nitrogen and oxygen atoms in total. The Bertz CT molecular complexity index is 1250. The number of hydrogen-bond acceptors (Lipinski definition) is 4. The molecule has 0 aliphatic carbocycles. The normalized spacial score (nSPS) is 15.6. The highest BCUT2D eigenvalue weighted by atomic mass is 35.5. The molecule has 40 heavy (non-hydrogen) atoms. The van der Waals surface area contributed by atoms with Crippen molar-refractivity contribution >= 4 is 29.1 Å². The molecule has 1 aliphatic rings. The average molecular weight is 584 g/mol. The van der Waals surface area contributed by atoms with Crippen molar-refractivity contribution < 1.29 is 14.6 Å². The lowest BCUT2D eigenvalue weighted by Gasteiger charge is -2.34. The highest BCUT2D eigenvalue weighted by Crippen LogP contribution is 2.31. The Balaban J connectivity index is 1.38. The zero-order valence-electron chi connectivity index (χ0n) is 23.7. The Hall–Kier alpha value is -2.57. The first kappa shape index (κ1) is 30.4. The van der Waals surface area contributed by atoms with Gasteiger partial charge in [0.05, 0.1) is 16.5 Å². The average Bonchev–Trinajstić information content (AvgIpc) is 2.92. The lowest BCUT2D eigenvalue weighted by atomic mass is 9.89. The molecular weight excluding hydrogens is 543 g/mol. The maximum absolute atomic E-state index is 13.3. The van der Waals surface area contributed by atoms with E-state index in [1.807, 2.05) is 37.4 Å². The van der Waals surface area contributed by atoms with Gasteiger partial charge >= 0.3 is 0 Å². The van der Waals surface area contributed by atoms with Crippen LogP contribution in [0.5, 0.6) is 5.75 Å². The van der Waals surface area contributed by atoms with Crippen molar-refractivity contribution in [2.24, 2.45) is 0 Å². The van der Waals surface area contributed by atoms with Gasteiger partial charge in [-0.3, -0.25) is 4.79 Å². The summed E-state index contributed by atoms with van der Waals surface area (Å²) in [5.74, 6) is 0.0164. The molecule has 0 saturated carbocycles. The highest BCUT2D eigenvalue weighted by molar-refractivity contribution is 6.42. The van der Waals surface area contributed by atoms with Gasteiger partial charge in [0, 0.05) is 33.4 Å². The molecule has 214 valence electrons. The molecule has 0 spiro atoms. The molecule has 0 aromatic heterocycles. The second kappa shape index (κ2) is 13.9. The number of aliphatic hydroxyl groups is 1. The van der Waals surface area contributed by atoms with Crippen LogP contribution < -0.4 is 4.74 Å². The van der Waals surface area contributed by atoms with E-state index in [0.717, 1.165) is 50.0 Å². The van der Waals surface area contributed by atoms with Gasteiger partial charge in [0.2, 0.25) is 11.7 Å². The van der Waals surface area contributed by atoms with Crippen LogP contribution in [0, 0.1) is 0 Å². The fraction of sp³-hybridized carbons (Fsp3) is 0.424. The van der Waals surface area contributed by atoms with Gasteiger partial charge in [-0.2, -0.15) is 0 Å². The Kier molecular flexibility index (Phi) is 10.5. The summed E-state index contributed by atoms with van der Waals surface area (Å²) in [7, 11) is 1.86. The van der Waals surface area contributed by atoms with Crippen molar-refractivity contribution in [2.45, 2.75) is 57.2 Å². The summed E-state index contributed by atoms with van der Waals surface area (Å²) < 4.78 is 5.55. The van der Waals surface area contributed by atoms with Gasteiger partial charge in [-0.25, -0.2) is 0 Å². The Labute approximate surface area is 248 Å². The third-order valence-corrected chi connectivity index (χ3v) is 8.35. The standard InChI is InChI=1S/C33H40Cl2N2O3/c1-33(2,39)40-29-11-7-8-24(20-29)21-32(38)36(3)23-28(27-12-13-30(34)31(35)22-27)16-19-37-17-14-26(15-18-37)25-9-5-4-6-10-25/h4-13,20,22,26,28,39H,14-19,21,23H2,1-3H3. The molecule has 1 amide bonds. The van der Waals surface area contributed by atoms with E-state index in [1.54, 1.807) is 30.9 Å². The second-order valence-corrected chi connectivity index (χ2v) is 12.1. The van der Waals surface area contributed by atoms with Crippen molar-refractivity contribution in [2.75, 3.05) is 33.2 Å². The minimum atomic E-state index is -1.29. The maximum atomic E-state index is 13.3. The largest absolute Gasteiger partial charge is 0.463 e. The minimum Gasteiger partial charge on any atom is -0.463 e. The Morgan fingerprint density at radius 3 is 2.42 bits per heavy atom. The third kappa shape index (κ3) is 8.97. The lowest BCUT2D eigenvalue weighted by Crippen LogP contribution is -2.36. The Morgan fingerprint density at radius 2 is 1.75 bits per heavy atom. The number of carbonyl (C=O) groups excluding carboxylic acids is 1. The monoisotopic (exact) mass is 582 g/mol. The molecule has 0 radical (unpaired) electrons. The van der Waals surface area contributed by atoms with Crippen LogP contribution in [0.4, 0.5) is 0 Å². The topological polar surface area (TPSA) is 53.0 Å². The van der Waals surface area contributed by atoms with Gasteiger partial charge < -0.3 is 19.6 Å².